The number of fused-ring (bicyclic) bond motifs is 1. The largest absolute Gasteiger partial charge is 0.481 e. The highest BCUT2D eigenvalue weighted by Gasteiger charge is 2.42. The van der Waals surface area contributed by atoms with Gasteiger partial charge in [0.25, 0.3) is 0 Å². The Kier molecular flexibility index (Phi) is 2.78. The summed E-state index contributed by atoms with van der Waals surface area (Å²) in [6.07, 6.45) is 0. The van der Waals surface area contributed by atoms with Crippen LogP contribution in [-0.2, 0) is 16.6 Å². The summed E-state index contributed by atoms with van der Waals surface area (Å²) in [6, 6.07) is 7.88. The number of aliphatic carboxylic acids is 1. The van der Waals surface area contributed by atoms with E-state index < -0.39 is 17.8 Å². The quantitative estimate of drug-likeness (QED) is 0.812. The highest BCUT2D eigenvalue weighted by atomic mass is 16.4. The molecule has 1 fully saturated rings. The minimum atomic E-state index is -1.06. The Balaban J connectivity index is 2.22. The van der Waals surface area contributed by atoms with E-state index in [0.29, 0.717) is 6.54 Å². The number of hydrogen-bond donors (Lipinski definition) is 2. The lowest BCUT2D eigenvalue weighted by molar-refractivity contribution is -0.145. The second-order valence-corrected chi connectivity index (χ2v) is 5.24. The smallest absolute Gasteiger partial charge is 0.316 e. The van der Waals surface area contributed by atoms with E-state index in [-0.39, 0.29) is 5.92 Å². The predicted octanol–water partition coefficient (Wildman–Crippen LogP) is 1.40. The van der Waals surface area contributed by atoms with E-state index in [1.54, 1.807) is 0 Å². The molecule has 2 atom stereocenters. The number of aryl methyl sites for hydroxylation is 1. The number of carbonyl (C=O) groups excluding carboxylic acids is 1. The van der Waals surface area contributed by atoms with Gasteiger partial charge in [0.2, 0.25) is 5.91 Å². The van der Waals surface area contributed by atoms with Crippen LogP contribution in [0.25, 0.3) is 10.9 Å². The highest BCUT2D eigenvalue weighted by molar-refractivity contribution is 6.01. The summed E-state index contributed by atoms with van der Waals surface area (Å²) in [7, 11) is 1.96. The third kappa shape index (κ3) is 1.62. The van der Waals surface area contributed by atoms with E-state index in [1.807, 2.05) is 42.8 Å². The van der Waals surface area contributed by atoms with E-state index in [4.69, 9.17) is 0 Å². The van der Waals surface area contributed by atoms with Gasteiger partial charge < -0.3 is 15.0 Å². The van der Waals surface area contributed by atoms with Crippen LogP contribution in [0.3, 0.4) is 0 Å². The molecule has 0 aliphatic carbocycles. The van der Waals surface area contributed by atoms with Gasteiger partial charge in [-0.05, 0) is 18.6 Å². The number of nitrogens with zero attached hydrogens (tertiary/aromatic N) is 1. The van der Waals surface area contributed by atoms with Crippen molar-refractivity contribution in [2.75, 3.05) is 6.54 Å². The Labute approximate surface area is 116 Å². The number of rotatable bonds is 2. The molecule has 2 unspecified atom stereocenters. The fraction of sp³-hybridized carbons (Fsp3) is 0.333. The molecule has 1 aromatic heterocycles. The van der Waals surface area contributed by atoms with Crippen LogP contribution < -0.4 is 5.32 Å². The van der Waals surface area contributed by atoms with Crippen LogP contribution in [-0.4, -0.2) is 28.1 Å². The van der Waals surface area contributed by atoms with Gasteiger partial charge in [0.05, 0.1) is 0 Å². The molecule has 5 nitrogen and oxygen atoms in total. The molecule has 2 N–H and O–H groups in total. The molecular weight excluding hydrogens is 256 g/mol. The number of carboxylic acids is 1. The second-order valence-electron chi connectivity index (χ2n) is 5.24. The lowest BCUT2D eigenvalue weighted by atomic mass is 9.87. The van der Waals surface area contributed by atoms with E-state index in [1.165, 1.54) is 0 Å². The number of carboxylic acid groups (broad SMARTS) is 1. The molecule has 1 aromatic carbocycles. The lowest BCUT2D eigenvalue weighted by Crippen LogP contribution is -2.26. The molecule has 2 aromatic rings. The number of carbonyl (C=O) groups is 2. The van der Waals surface area contributed by atoms with Crippen molar-refractivity contribution in [3.8, 4) is 0 Å². The van der Waals surface area contributed by atoms with Gasteiger partial charge in [-0.25, -0.2) is 0 Å². The first kappa shape index (κ1) is 12.7. The Bertz CT molecular complexity index is 717. The summed E-state index contributed by atoms with van der Waals surface area (Å²) in [5.74, 6) is -2.77. The van der Waals surface area contributed by atoms with Gasteiger partial charge in [-0.1, -0.05) is 18.2 Å². The third-order valence-electron chi connectivity index (χ3n) is 4.27. The predicted molar refractivity (Wildman–Crippen MR) is 74.5 cm³/mol. The number of para-hydroxylation sites is 1. The highest BCUT2D eigenvalue weighted by Crippen LogP contribution is 2.37. The molecule has 3 rings (SSSR count). The fourth-order valence-corrected chi connectivity index (χ4v) is 3.19. The summed E-state index contributed by atoms with van der Waals surface area (Å²) in [5.41, 5.74) is 3.04. The fourth-order valence-electron chi connectivity index (χ4n) is 3.19. The summed E-state index contributed by atoms with van der Waals surface area (Å²) < 4.78 is 2.05. The maximum Gasteiger partial charge on any atom is 0.316 e. The molecule has 1 saturated heterocycles. The summed E-state index contributed by atoms with van der Waals surface area (Å²) in [5, 5.41) is 13.0. The molecule has 1 amide bonds. The minimum absolute atomic E-state index is 0.314. The molecule has 2 heterocycles. The number of aromatic nitrogens is 1. The van der Waals surface area contributed by atoms with Crippen LogP contribution in [0.15, 0.2) is 24.3 Å². The molecule has 0 saturated carbocycles. The van der Waals surface area contributed by atoms with Crippen molar-refractivity contribution in [2.24, 2.45) is 13.0 Å². The minimum Gasteiger partial charge on any atom is -0.481 e. The topological polar surface area (TPSA) is 71.3 Å². The Morgan fingerprint density at radius 3 is 2.80 bits per heavy atom. The average Bonchev–Trinajstić information content (AvgIpc) is 2.90. The van der Waals surface area contributed by atoms with Crippen molar-refractivity contribution >= 4 is 22.8 Å². The Hall–Kier alpha value is -2.30. The number of benzene rings is 1. The SMILES string of the molecule is Cc1c(C2CNC(=O)C2C(=O)O)c2ccccc2n1C. The van der Waals surface area contributed by atoms with Gasteiger partial charge in [-0.3, -0.25) is 9.59 Å². The van der Waals surface area contributed by atoms with Crippen molar-refractivity contribution in [1.82, 2.24) is 9.88 Å². The summed E-state index contributed by atoms with van der Waals surface area (Å²) >= 11 is 0. The van der Waals surface area contributed by atoms with Crippen molar-refractivity contribution in [3.05, 3.63) is 35.5 Å². The zero-order valence-corrected chi connectivity index (χ0v) is 11.4. The lowest BCUT2D eigenvalue weighted by Gasteiger charge is -2.14. The van der Waals surface area contributed by atoms with Gasteiger partial charge in [0, 0.05) is 36.1 Å². The molecule has 1 aliphatic rings. The van der Waals surface area contributed by atoms with Crippen LogP contribution in [0.5, 0.6) is 0 Å². The molecular formula is C15H16N2O3. The molecule has 0 radical (unpaired) electrons. The standard InChI is InChI=1S/C15H16N2O3/c1-8-12(9-5-3-4-6-11(9)17(8)2)10-7-16-14(18)13(10)15(19)20/h3-6,10,13H,7H2,1-2H3,(H,16,18)(H,19,20). The van der Waals surface area contributed by atoms with Gasteiger partial charge in [0.1, 0.15) is 5.92 Å². The van der Waals surface area contributed by atoms with Crippen LogP contribution in [0.2, 0.25) is 0 Å². The van der Waals surface area contributed by atoms with E-state index >= 15 is 0 Å². The molecule has 1 aliphatic heterocycles. The van der Waals surface area contributed by atoms with E-state index in [2.05, 4.69) is 5.32 Å². The first-order valence-electron chi connectivity index (χ1n) is 6.56. The van der Waals surface area contributed by atoms with Crippen molar-refractivity contribution in [1.29, 1.82) is 0 Å². The maximum absolute atomic E-state index is 11.8. The van der Waals surface area contributed by atoms with Gasteiger partial charge in [-0.15, -0.1) is 0 Å². The van der Waals surface area contributed by atoms with Crippen molar-refractivity contribution in [2.45, 2.75) is 12.8 Å². The van der Waals surface area contributed by atoms with Crippen molar-refractivity contribution in [3.63, 3.8) is 0 Å². The normalized spacial score (nSPS) is 22.2. The third-order valence-corrected chi connectivity index (χ3v) is 4.27. The van der Waals surface area contributed by atoms with Crippen LogP contribution in [0.4, 0.5) is 0 Å². The Morgan fingerprint density at radius 2 is 2.10 bits per heavy atom. The Morgan fingerprint density at radius 1 is 1.40 bits per heavy atom. The molecule has 5 heteroatoms. The van der Waals surface area contributed by atoms with Gasteiger partial charge >= 0.3 is 5.97 Å². The van der Waals surface area contributed by atoms with E-state index in [9.17, 15) is 14.7 Å². The number of hydrogen-bond acceptors (Lipinski definition) is 2. The van der Waals surface area contributed by atoms with Crippen LogP contribution in [0, 0.1) is 12.8 Å². The monoisotopic (exact) mass is 272 g/mol. The summed E-state index contributed by atoms with van der Waals surface area (Å²) in [4.78, 5) is 23.1. The molecule has 104 valence electrons. The zero-order chi connectivity index (χ0) is 14.4. The van der Waals surface area contributed by atoms with Gasteiger partial charge in [0.15, 0.2) is 0 Å². The van der Waals surface area contributed by atoms with Crippen LogP contribution in [0.1, 0.15) is 17.2 Å². The number of nitrogens with one attached hydrogen (secondary N) is 1. The average molecular weight is 272 g/mol. The summed E-state index contributed by atoms with van der Waals surface area (Å²) in [6.45, 7) is 2.35. The number of amides is 1. The van der Waals surface area contributed by atoms with Crippen molar-refractivity contribution < 1.29 is 14.7 Å². The first-order chi connectivity index (χ1) is 9.52. The zero-order valence-electron chi connectivity index (χ0n) is 11.4. The second kappa shape index (κ2) is 4.37. The van der Waals surface area contributed by atoms with E-state index in [0.717, 1.165) is 22.2 Å². The molecule has 0 spiro atoms. The maximum atomic E-state index is 11.8. The van der Waals surface area contributed by atoms with Gasteiger partial charge in [-0.2, -0.15) is 0 Å². The first-order valence-corrected chi connectivity index (χ1v) is 6.56. The molecule has 20 heavy (non-hydrogen) atoms. The molecule has 0 bridgehead atoms. The van der Waals surface area contributed by atoms with Crippen LogP contribution >= 0.6 is 0 Å².